The van der Waals surface area contributed by atoms with Gasteiger partial charge in [-0.3, -0.25) is 14.8 Å². The van der Waals surface area contributed by atoms with E-state index in [-0.39, 0.29) is 5.91 Å². The van der Waals surface area contributed by atoms with Gasteiger partial charge in [-0.1, -0.05) is 19.9 Å². The Balaban J connectivity index is 0.00000172. The van der Waals surface area contributed by atoms with Gasteiger partial charge in [0.25, 0.3) is 5.91 Å². The third-order valence-electron chi connectivity index (χ3n) is 5.83. The molecule has 0 aliphatic rings. The van der Waals surface area contributed by atoms with Crippen molar-refractivity contribution in [1.82, 2.24) is 15.0 Å². The Bertz CT molecular complexity index is 1580. The molecule has 39 heavy (non-hydrogen) atoms. The Labute approximate surface area is 229 Å². The number of hydrogen-bond acceptors (Lipinski definition) is 7. The van der Waals surface area contributed by atoms with Gasteiger partial charge in [-0.25, -0.2) is 4.98 Å². The number of benzene rings is 2. The molecule has 3 heterocycles. The zero-order valence-electron chi connectivity index (χ0n) is 22.9. The van der Waals surface area contributed by atoms with Crippen LogP contribution in [0.2, 0.25) is 0 Å². The highest BCUT2D eigenvalue weighted by Crippen LogP contribution is 2.29. The van der Waals surface area contributed by atoms with Crippen molar-refractivity contribution < 1.29 is 4.79 Å². The SMILES string of the molecule is CC.Cc1cc(Nc2ccnc(NC(=O)c3cccc(Nc4ccnc5ccc(N(C)C)cc45)c3)c2)ccn1. The number of pyridine rings is 3. The maximum atomic E-state index is 13.0. The molecule has 0 radical (unpaired) electrons. The third kappa shape index (κ3) is 6.87. The molecule has 0 spiro atoms. The molecule has 1 amide bonds. The lowest BCUT2D eigenvalue weighted by molar-refractivity contribution is 0.102. The van der Waals surface area contributed by atoms with E-state index in [4.69, 9.17) is 0 Å². The zero-order chi connectivity index (χ0) is 27.8. The standard InChI is InChI=1S/C29H27N7O.C2H6/c1-19-15-22(9-12-30-19)33-23-10-13-32-28(17-23)35-29(37)20-5-4-6-21(16-20)34-27-11-14-31-26-8-7-24(36(2)3)18-25(26)27;1-2/h4-18H,1-3H3,(H,31,34)(H2,30,32,33,35,37);1-2H3. The van der Waals surface area contributed by atoms with Crippen molar-refractivity contribution in [2.75, 3.05) is 34.9 Å². The minimum atomic E-state index is -0.248. The Morgan fingerprint density at radius 2 is 1.46 bits per heavy atom. The quantitative estimate of drug-likeness (QED) is 0.210. The molecule has 0 aliphatic carbocycles. The van der Waals surface area contributed by atoms with Crippen LogP contribution in [0.15, 0.2) is 91.4 Å². The minimum Gasteiger partial charge on any atom is -0.378 e. The first kappa shape index (κ1) is 27.1. The minimum absolute atomic E-state index is 0.248. The van der Waals surface area contributed by atoms with Gasteiger partial charge in [0.1, 0.15) is 5.82 Å². The molecule has 0 saturated carbocycles. The summed E-state index contributed by atoms with van der Waals surface area (Å²) in [6.45, 7) is 5.94. The van der Waals surface area contributed by atoms with Crippen LogP contribution in [0.4, 0.5) is 34.3 Å². The van der Waals surface area contributed by atoms with Gasteiger partial charge in [-0.05, 0) is 67.6 Å². The zero-order valence-corrected chi connectivity index (χ0v) is 22.9. The van der Waals surface area contributed by atoms with Gasteiger partial charge >= 0.3 is 0 Å². The number of fused-ring (bicyclic) bond motifs is 1. The number of carbonyl (C=O) groups excluding carboxylic acids is 1. The lowest BCUT2D eigenvalue weighted by Gasteiger charge is -2.15. The van der Waals surface area contributed by atoms with Crippen LogP contribution in [-0.4, -0.2) is 35.0 Å². The van der Waals surface area contributed by atoms with Crippen molar-refractivity contribution in [1.29, 1.82) is 0 Å². The largest absolute Gasteiger partial charge is 0.378 e. The molecule has 0 unspecified atom stereocenters. The first-order valence-corrected chi connectivity index (χ1v) is 12.8. The van der Waals surface area contributed by atoms with Crippen LogP contribution >= 0.6 is 0 Å². The summed E-state index contributed by atoms with van der Waals surface area (Å²) in [5.74, 6) is 0.206. The molecule has 8 nitrogen and oxygen atoms in total. The van der Waals surface area contributed by atoms with E-state index in [9.17, 15) is 4.79 Å². The summed E-state index contributed by atoms with van der Waals surface area (Å²) in [7, 11) is 4.01. The van der Waals surface area contributed by atoms with Gasteiger partial charge in [0.05, 0.1) is 5.52 Å². The number of nitrogens with zero attached hydrogens (tertiary/aromatic N) is 4. The molecule has 2 aromatic carbocycles. The van der Waals surface area contributed by atoms with E-state index in [1.165, 1.54) is 0 Å². The molecule has 198 valence electrons. The van der Waals surface area contributed by atoms with Gasteiger partial charge in [-0.15, -0.1) is 0 Å². The summed E-state index contributed by atoms with van der Waals surface area (Å²) in [6, 6.07) is 22.9. The maximum absolute atomic E-state index is 13.0. The topological polar surface area (TPSA) is 95.1 Å². The van der Waals surface area contributed by atoms with Gasteiger partial charge < -0.3 is 20.9 Å². The van der Waals surface area contributed by atoms with Crippen molar-refractivity contribution in [2.45, 2.75) is 20.8 Å². The summed E-state index contributed by atoms with van der Waals surface area (Å²) in [6.07, 6.45) is 5.18. The van der Waals surface area contributed by atoms with E-state index in [1.807, 2.05) is 89.5 Å². The number of aromatic nitrogens is 3. The van der Waals surface area contributed by atoms with Crippen LogP contribution in [0, 0.1) is 6.92 Å². The molecule has 8 heteroatoms. The first-order chi connectivity index (χ1) is 18.9. The normalized spacial score (nSPS) is 10.3. The molecule has 3 aromatic heterocycles. The van der Waals surface area contributed by atoms with Gasteiger partial charge in [-0.2, -0.15) is 0 Å². The van der Waals surface area contributed by atoms with Crippen molar-refractivity contribution >= 4 is 51.1 Å². The molecular formula is C31H33N7O. The van der Waals surface area contributed by atoms with Gasteiger partial charge in [0.2, 0.25) is 0 Å². The number of aryl methyl sites for hydroxylation is 1. The third-order valence-corrected chi connectivity index (χ3v) is 5.83. The fourth-order valence-electron chi connectivity index (χ4n) is 3.97. The number of anilines is 6. The summed E-state index contributed by atoms with van der Waals surface area (Å²) < 4.78 is 0. The van der Waals surface area contributed by atoms with Gasteiger partial charge in [0.15, 0.2) is 0 Å². The summed E-state index contributed by atoms with van der Waals surface area (Å²) >= 11 is 0. The average molecular weight is 520 g/mol. The maximum Gasteiger partial charge on any atom is 0.256 e. The first-order valence-electron chi connectivity index (χ1n) is 12.8. The second kappa shape index (κ2) is 12.5. The predicted octanol–water partition coefficient (Wildman–Crippen LogP) is 7.16. The predicted molar refractivity (Wildman–Crippen MR) is 162 cm³/mol. The molecule has 5 rings (SSSR count). The second-order valence-corrected chi connectivity index (χ2v) is 8.85. The fourth-order valence-corrected chi connectivity index (χ4v) is 3.97. The van der Waals surface area contributed by atoms with Crippen molar-refractivity contribution in [3.05, 3.63) is 103 Å². The highest BCUT2D eigenvalue weighted by Gasteiger charge is 2.10. The Morgan fingerprint density at radius 1 is 0.744 bits per heavy atom. The summed E-state index contributed by atoms with van der Waals surface area (Å²) in [5, 5.41) is 10.6. The smallest absolute Gasteiger partial charge is 0.256 e. The lowest BCUT2D eigenvalue weighted by Crippen LogP contribution is -2.13. The molecule has 0 saturated heterocycles. The fraction of sp³-hybridized carbons (Fsp3) is 0.161. The molecular weight excluding hydrogens is 486 g/mol. The molecule has 0 atom stereocenters. The summed E-state index contributed by atoms with van der Waals surface area (Å²) in [4.78, 5) is 28.1. The Kier molecular flexibility index (Phi) is 8.68. The molecule has 0 aliphatic heterocycles. The van der Waals surface area contributed by atoms with Crippen molar-refractivity contribution in [2.24, 2.45) is 0 Å². The average Bonchev–Trinajstić information content (AvgIpc) is 2.94. The van der Waals surface area contributed by atoms with E-state index in [0.717, 1.165) is 45.0 Å². The van der Waals surface area contributed by atoms with Crippen LogP contribution < -0.4 is 20.9 Å². The Hall–Kier alpha value is -4.98. The van der Waals surface area contributed by atoms with Crippen LogP contribution in [0.1, 0.15) is 29.9 Å². The van der Waals surface area contributed by atoms with E-state index in [2.05, 4.69) is 41.9 Å². The number of rotatable bonds is 7. The molecule has 3 N–H and O–H groups in total. The van der Waals surface area contributed by atoms with Crippen LogP contribution in [0.3, 0.4) is 0 Å². The number of nitrogens with one attached hydrogen (secondary N) is 3. The molecule has 5 aromatic rings. The highest BCUT2D eigenvalue weighted by molar-refractivity contribution is 6.05. The summed E-state index contributed by atoms with van der Waals surface area (Å²) in [5.41, 5.74) is 6.85. The van der Waals surface area contributed by atoms with Crippen LogP contribution in [-0.2, 0) is 0 Å². The number of amides is 1. The lowest BCUT2D eigenvalue weighted by atomic mass is 10.1. The number of hydrogen-bond donors (Lipinski definition) is 3. The van der Waals surface area contributed by atoms with E-state index < -0.39 is 0 Å². The van der Waals surface area contributed by atoms with Crippen molar-refractivity contribution in [3.63, 3.8) is 0 Å². The monoisotopic (exact) mass is 519 g/mol. The van der Waals surface area contributed by atoms with Crippen molar-refractivity contribution in [3.8, 4) is 0 Å². The number of carbonyl (C=O) groups is 1. The second-order valence-electron chi connectivity index (χ2n) is 8.85. The van der Waals surface area contributed by atoms with E-state index in [0.29, 0.717) is 11.4 Å². The van der Waals surface area contributed by atoms with Crippen LogP contribution in [0.25, 0.3) is 10.9 Å². The van der Waals surface area contributed by atoms with E-state index >= 15 is 0 Å². The molecule has 0 bridgehead atoms. The van der Waals surface area contributed by atoms with Gasteiger partial charge in [0, 0.05) is 83.8 Å². The van der Waals surface area contributed by atoms with Crippen LogP contribution in [0.5, 0.6) is 0 Å². The molecule has 0 fully saturated rings. The highest BCUT2D eigenvalue weighted by atomic mass is 16.1. The Morgan fingerprint density at radius 3 is 2.23 bits per heavy atom. The van der Waals surface area contributed by atoms with E-state index in [1.54, 1.807) is 30.7 Å².